The van der Waals surface area contributed by atoms with Crippen molar-refractivity contribution in [3.8, 4) is 11.1 Å². The maximum Gasteiger partial charge on any atom is 0.327 e. The molecule has 0 aromatic heterocycles. The molecule has 3 heteroatoms. The highest BCUT2D eigenvalue weighted by Crippen LogP contribution is 2.59. The van der Waals surface area contributed by atoms with Crippen molar-refractivity contribution in [1.29, 1.82) is 0 Å². The van der Waals surface area contributed by atoms with Gasteiger partial charge in [0.2, 0.25) is 0 Å². The van der Waals surface area contributed by atoms with Gasteiger partial charge < -0.3 is 4.81 Å². The van der Waals surface area contributed by atoms with Crippen LogP contribution in [0.2, 0.25) is 13.1 Å². The molecule has 0 unspecified atom stereocenters. The van der Waals surface area contributed by atoms with Crippen LogP contribution < -0.4 is 26.1 Å². The van der Waals surface area contributed by atoms with Gasteiger partial charge in [-0.2, -0.15) is 0 Å². The van der Waals surface area contributed by atoms with Crippen LogP contribution in [0.4, 0.5) is 11.4 Å². The first-order chi connectivity index (χ1) is 19.6. The van der Waals surface area contributed by atoms with E-state index in [-0.39, 0.29) is 17.7 Å². The van der Waals surface area contributed by atoms with Crippen LogP contribution in [-0.2, 0) is 10.8 Å². The summed E-state index contributed by atoms with van der Waals surface area (Å²) >= 11 is 0. The molecule has 0 amide bonds. The fourth-order valence-corrected chi connectivity index (χ4v) is 11.7. The molecule has 1 nitrogen and oxygen atoms in total. The van der Waals surface area contributed by atoms with Crippen molar-refractivity contribution >= 4 is 47.6 Å². The standard InChI is InChI=1S/C38H36BNSi/c1-37(2)28-17-9-12-20-32(28)40(36-29(37)24-23-26-25-15-7-8-16-27(25)38(3,4)35(26)36)39-30-18-10-13-21-33(30)41(5,6)34-22-14-11-19-31(34)39/h7-24H,1-6H3. The second-order valence-electron chi connectivity index (χ2n) is 13.8. The number of hydrogen-bond donors (Lipinski definition) is 0. The fourth-order valence-electron chi connectivity index (χ4n) is 8.55. The zero-order valence-electron chi connectivity index (χ0n) is 24.9. The van der Waals surface area contributed by atoms with E-state index in [1.807, 2.05) is 0 Å². The topological polar surface area (TPSA) is 3.24 Å². The van der Waals surface area contributed by atoms with Crippen LogP contribution in [0, 0.1) is 0 Å². The van der Waals surface area contributed by atoms with Crippen LogP contribution in [0.1, 0.15) is 49.9 Å². The summed E-state index contributed by atoms with van der Waals surface area (Å²) in [4.78, 5) is 2.75. The zero-order chi connectivity index (χ0) is 28.3. The SMILES string of the molecule is CC1(C)c2ccccc2N(B2c3ccccc3[Si](C)(C)c3ccccc32)c2c1ccc1c2C(C)(C)c2ccccc2-1. The third-order valence-electron chi connectivity index (χ3n) is 10.6. The maximum absolute atomic E-state index is 2.75. The molecule has 3 aliphatic rings. The normalized spacial score (nSPS) is 18.0. The van der Waals surface area contributed by atoms with Gasteiger partial charge in [0.1, 0.15) is 8.07 Å². The number of hydrogen-bond acceptors (Lipinski definition) is 1. The largest absolute Gasteiger partial charge is 0.376 e. The number of anilines is 2. The van der Waals surface area contributed by atoms with Crippen LogP contribution in [0.5, 0.6) is 0 Å². The molecule has 0 saturated carbocycles. The van der Waals surface area contributed by atoms with Crippen LogP contribution in [-0.4, -0.2) is 14.9 Å². The molecule has 2 heterocycles. The van der Waals surface area contributed by atoms with Gasteiger partial charge in [0.25, 0.3) is 0 Å². The van der Waals surface area contributed by atoms with E-state index in [2.05, 4.69) is 155 Å². The number of benzene rings is 5. The molecule has 0 fully saturated rings. The number of nitrogens with zero attached hydrogens (tertiary/aromatic N) is 1. The lowest BCUT2D eigenvalue weighted by Gasteiger charge is -2.49. The van der Waals surface area contributed by atoms with Gasteiger partial charge in [0.15, 0.2) is 0 Å². The molecule has 8 rings (SSSR count). The summed E-state index contributed by atoms with van der Waals surface area (Å²) in [6.45, 7) is 14.9. The quantitative estimate of drug-likeness (QED) is 0.212. The summed E-state index contributed by atoms with van der Waals surface area (Å²) in [5.74, 6) is 0. The van der Waals surface area contributed by atoms with Crippen molar-refractivity contribution in [2.24, 2.45) is 0 Å². The predicted octanol–water partition coefficient (Wildman–Crippen LogP) is 6.71. The maximum atomic E-state index is 2.75. The molecule has 41 heavy (non-hydrogen) atoms. The lowest BCUT2D eigenvalue weighted by Crippen LogP contribution is -2.77. The Hall–Kier alpha value is -3.82. The van der Waals surface area contributed by atoms with Crippen molar-refractivity contribution in [1.82, 2.24) is 0 Å². The molecular weight excluding hydrogens is 509 g/mol. The summed E-state index contributed by atoms with van der Waals surface area (Å²) in [5, 5.41) is 3.12. The smallest absolute Gasteiger partial charge is 0.327 e. The Morgan fingerprint density at radius 2 is 1.10 bits per heavy atom. The average molecular weight is 546 g/mol. The Kier molecular flexibility index (Phi) is 4.95. The van der Waals surface area contributed by atoms with Gasteiger partial charge in [0, 0.05) is 22.2 Å². The van der Waals surface area contributed by atoms with E-state index in [4.69, 9.17) is 0 Å². The third-order valence-corrected chi connectivity index (χ3v) is 14.2. The minimum Gasteiger partial charge on any atom is -0.376 e. The molecule has 0 N–H and O–H groups in total. The molecule has 0 saturated heterocycles. The van der Waals surface area contributed by atoms with Gasteiger partial charge in [-0.3, -0.25) is 0 Å². The number of para-hydroxylation sites is 1. The highest BCUT2D eigenvalue weighted by atomic mass is 28.3. The Bertz CT molecular complexity index is 1850. The predicted molar refractivity (Wildman–Crippen MR) is 179 cm³/mol. The van der Waals surface area contributed by atoms with Crippen molar-refractivity contribution < 1.29 is 0 Å². The van der Waals surface area contributed by atoms with Crippen LogP contribution in [0.3, 0.4) is 0 Å². The lowest BCUT2D eigenvalue weighted by atomic mass is 9.47. The minimum absolute atomic E-state index is 0.102. The van der Waals surface area contributed by atoms with E-state index in [0.717, 1.165) is 0 Å². The number of fused-ring (bicyclic) bond motifs is 8. The summed E-state index contributed by atoms with van der Waals surface area (Å²) in [5.41, 5.74) is 13.9. The average Bonchev–Trinajstić information content (AvgIpc) is 3.21. The van der Waals surface area contributed by atoms with Crippen molar-refractivity contribution in [3.05, 3.63) is 131 Å². The van der Waals surface area contributed by atoms with Crippen LogP contribution >= 0.6 is 0 Å². The van der Waals surface area contributed by atoms with Crippen molar-refractivity contribution in [2.75, 3.05) is 4.81 Å². The van der Waals surface area contributed by atoms with Crippen LogP contribution in [0.25, 0.3) is 11.1 Å². The Balaban J connectivity index is 1.52. The summed E-state index contributed by atoms with van der Waals surface area (Å²) in [7, 11) is -1.88. The molecule has 0 bridgehead atoms. The zero-order valence-corrected chi connectivity index (χ0v) is 25.9. The third kappa shape index (κ3) is 3.08. The first kappa shape index (κ1) is 24.9. The molecule has 0 spiro atoms. The monoisotopic (exact) mass is 545 g/mol. The van der Waals surface area contributed by atoms with E-state index in [9.17, 15) is 0 Å². The second kappa shape index (κ2) is 8.14. The van der Waals surface area contributed by atoms with Gasteiger partial charge in [0.05, 0.1) is 0 Å². The second-order valence-corrected chi connectivity index (χ2v) is 18.1. The van der Waals surface area contributed by atoms with Gasteiger partial charge in [-0.05, 0) is 39.4 Å². The number of rotatable bonds is 1. The first-order valence-electron chi connectivity index (χ1n) is 15.0. The molecule has 200 valence electrons. The van der Waals surface area contributed by atoms with Crippen LogP contribution in [0.15, 0.2) is 109 Å². The molecule has 5 aromatic rings. The van der Waals surface area contributed by atoms with E-state index in [1.54, 1.807) is 10.4 Å². The molecule has 5 aromatic carbocycles. The van der Waals surface area contributed by atoms with Gasteiger partial charge in [-0.25, -0.2) is 0 Å². The highest BCUT2D eigenvalue weighted by molar-refractivity contribution is 7.11. The Morgan fingerprint density at radius 3 is 1.78 bits per heavy atom. The fraction of sp³-hybridized carbons (Fsp3) is 0.211. The van der Waals surface area contributed by atoms with Crippen molar-refractivity contribution in [2.45, 2.75) is 51.6 Å². The molecule has 1 aliphatic carbocycles. The summed E-state index contributed by atoms with van der Waals surface area (Å²) < 4.78 is 0. The summed E-state index contributed by atoms with van der Waals surface area (Å²) in [6.07, 6.45) is 0. The first-order valence-corrected chi connectivity index (χ1v) is 18.0. The van der Waals surface area contributed by atoms with E-state index >= 15 is 0 Å². The van der Waals surface area contributed by atoms with Gasteiger partial charge >= 0.3 is 6.85 Å². The van der Waals surface area contributed by atoms with E-state index in [1.165, 1.54) is 55.7 Å². The van der Waals surface area contributed by atoms with Gasteiger partial charge in [-0.1, -0.05) is 165 Å². The highest BCUT2D eigenvalue weighted by Gasteiger charge is 2.50. The van der Waals surface area contributed by atoms with Gasteiger partial charge in [-0.15, -0.1) is 0 Å². The van der Waals surface area contributed by atoms with Crippen molar-refractivity contribution in [3.63, 3.8) is 0 Å². The molecule has 0 radical (unpaired) electrons. The Morgan fingerprint density at radius 1 is 0.537 bits per heavy atom. The molecule has 2 aliphatic heterocycles. The Labute approximate surface area is 246 Å². The lowest BCUT2D eigenvalue weighted by molar-refractivity contribution is 0.619. The molecular formula is C38H36BNSi. The summed E-state index contributed by atoms with van der Waals surface area (Å²) in [6, 6.07) is 41.7. The minimum atomic E-state index is -1.88. The van der Waals surface area contributed by atoms with E-state index < -0.39 is 8.07 Å². The van der Waals surface area contributed by atoms with E-state index in [0.29, 0.717) is 0 Å². The molecule has 0 atom stereocenters.